The third kappa shape index (κ3) is 2.21. The summed E-state index contributed by atoms with van der Waals surface area (Å²) in [6, 6.07) is 0.901. The van der Waals surface area contributed by atoms with Crippen molar-refractivity contribution >= 4 is 0 Å². The normalized spacial score (nSPS) is 36.4. The molecule has 3 rings (SSSR count). The lowest BCUT2D eigenvalue weighted by atomic mass is 9.92. The van der Waals surface area contributed by atoms with E-state index in [0.717, 1.165) is 11.5 Å². The Kier molecular flexibility index (Phi) is 2.73. The van der Waals surface area contributed by atoms with Gasteiger partial charge in [-0.05, 0) is 70.0 Å². The Hall–Kier alpha value is -0.0800. The third-order valence-electron chi connectivity index (χ3n) is 4.71. The molecule has 0 radical (unpaired) electrons. The van der Waals surface area contributed by atoms with E-state index in [0.29, 0.717) is 0 Å². The van der Waals surface area contributed by atoms with Gasteiger partial charge in [-0.25, -0.2) is 0 Å². The zero-order chi connectivity index (χ0) is 10.1. The SMILES string of the molecule is C1CNCCC(N2CCCC3(CC3)C2)C1. The molecule has 1 saturated carbocycles. The average Bonchev–Trinajstić information content (AvgIpc) is 3.03. The van der Waals surface area contributed by atoms with Crippen molar-refractivity contribution in [2.45, 2.75) is 51.0 Å². The zero-order valence-electron chi connectivity index (χ0n) is 9.80. The number of nitrogens with zero attached hydrogens (tertiary/aromatic N) is 1. The molecule has 2 heterocycles. The molecule has 2 aliphatic heterocycles. The molecule has 0 aromatic rings. The molecule has 1 N–H and O–H groups in total. The van der Waals surface area contributed by atoms with E-state index in [2.05, 4.69) is 10.2 Å². The second-order valence-corrected chi connectivity index (χ2v) is 5.91. The Bertz CT molecular complexity index is 215. The lowest BCUT2D eigenvalue weighted by molar-refractivity contribution is 0.104. The van der Waals surface area contributed by atoms with Crippen molar-refractivity contribution in [1.29, 1.82) is 0 Å². The molecule has 1 aliphatic carbocycles. The zero-order valence-corrected chi connectivity index (χ0v) is 9.80. The van der Waals surface area contributed by atoms with Gasteiger partial charge in [0.25, 0.3) is 0 Å². The predicted octanol–water partition coefficient (Wildman–Crippen LogP) is 2.00. The van der Waals surface area contributed by atoms with Gasteiger partial charge in [-0.2, -0.15) is 0 Å². The number of hydrogen-bond donors (Lipinski definition) is 1. The summed E-state index contributed by atoms with van der Waals surface area (Å²) in [4.78, 5) is 2.82. The van der Waals surface area contributed by atoms with Crippen molar-refractivity contribution in [1.82, 2.24) is 10.2 Å². The highest BCUT2D eigenvalue weighted by Gasteiger charge is 2.46. The fourth-order valence-corrected chi connectivity index (χ4v) is 3.51. The van der Waals surface area contributed by atoms with Crippen LogP contribution in [0.2, 0.25) is 0 Å². The summed E-state index contributed by atoms with van der Waals surface area (Å²) in [5.74, 6) is 0. The molecule has 2 heteroatoms. The van der Waals surface area contributed by atoms with E-state index in [1.807, 2.05) is 0 Å². The molecule has 0 aromatic heterocycles. The van der Waals surface area contributed by atoms with E-state index in [4.69, 9.17) is 0 Å². The molecule has 0 aromatic carbocycles. The van der Waals surface area contributed by atoms with Crippen LogP contribution in [0.5, 0.6) is 0 Å². The van der Waals surface area contributed by atoms with E-state index in [9.17, 15) is 0 Å². The topological polar surface area (TPSA) is 15.3 Å². The Labute approximate surface area is 93.4 Å². The van der Waals surface area contributed by atoms with Crippen molar-refractivity contribution in [3.8, 4) is 0 Å². The van der Waals surface area contributed by atoms with Crippen LogP contribution in [0.1, 0.15) is 44.9 Å². The molecule has 1 spiro atoms. The summed E-state index contributed by atoms with van der Waals surface area (Å²) >= 11 is 0. The van der Waals surface area contributed by atoms with Crippen LogP contribution in [0.15, 0.2) is 0 Å². The van der Waals surface area contributed by atoms with Crippen LogP contribution in [0, 0.1) is 5.41 Å². The van der Waals surface area contributed by atoms with Gasteiger partial charge >= 0.3 is 0 Å². The third-order valence-corrected chi connectivity index (χ3v) is 4.71. The van der Waals surface area contributed by atoms with Crippen molar-refractivity contribution in [3.05, 3.63) is 0 Å². The van der Waals surface area contributed by atoms with Crippen LogP contribution in [-0.4, -0.2) is 37.1 Å². The molecule has 2 saturated heterocycles. The van der Waals surface area contributed by atoms with E-state index < -0.39 is 0 Å². The highest BCUT2D eigenvalue weighted by Crippen LogP contribution is 2.52. The molecule has 0 amide bonds. The first-order chi connectivity index (χ1) is 7.38. The number of likely N-dealkylation sites (tertiary alicyclic amines) is 1. The first kappa shape index (κ1) is 10.1. The van der Waals surface area contributed by atoms with Crippen molar-refractivity contribution in [3.63, 3.8) is 0 Å². The average molecular weight is 208 g/mol. The van der Waals surface area contributed by atoms with Gasteiger partial charge < -0.3 is 5.32 Å². The Morgan fingerprint density at radius 2 is 1.93 bits per heavy atom. The van der Waals surface area contributed by atoms with Crippen LogP contribution in [0.3, 0.4) is 0 Å². The minimum Gasteiger partial charge on any atom is -0.317 e. The molecule has 3 aliphatic rings. The summed E-state index contributed by atoms with van der Waals surface area (Å²) in [7, 11) is 0. The number of nitrogens with one attached hydrogen (secondary N) is 1. The van der Waals surface area contributed by atoms with Gasteiger partial charge in [0.05, 0.1) is 0 Å². The molecule has 1 atom stereocenters. The van der Waals surface area contributed by atoms with Gasteiger partial charge in [-0.15, -0.1) is 0 Å². The van der Waals surface area contributed by atoms with Gasteiger partial charge in [0.15, 0.2) is 0 Å². The summed E-state index contributed by atoms with van der Waals surface area (Å²) in [6.45, 7) is 5.30. The Morgan fingerprint density at radius 1 is 1.00 bits per heavy atom. The van der Waals surface area contributed by atoms with Crippen LogP contribution < -0.4 is 5.32 Å². The van der Waals surface area contributed by atoms with Crippen molar-refractivity contribution < 1.29 is 0 Å². The summed E-state index contributed by atoms with van der Waals surface area (Å²) in [6.07, 6.45) is 10.2. The number of hydrogen-bond acceptors (Lipinski definition) is 2. The molecule has 2 nitrogen and oxygen atoms in total. The van der Waals surface area contributed by atoms with E-state index in [1.54, 1.807) is 0 Å². The fourth-order valence-electron chi connectivity index (χ4n) is 3.51. The van der Waals surface area contributed by atoms with Crippen molar-refractivity contribution in [2.24, 2.45) is 5.41 Å². The van der Waals surface area contributed by atoms with E-state index in [-0.39, 0.29) is 0 Å². The monoisotopic (exact) mass is 208 g/mol. The smallest absolute Gasteiger partial charge is 0.0108 e. The number of rotatable bonds is 1. The lowest BCUT2D eigenvalue weighted by Crippen LogP contribution is -2.43. The summed E-state index contributed by atoms with van der Waals surface area (Å²) in [5.41, 5.74) is 0.804. The molecule has 1 unspecified atom stereocenters. The molecule has 86 valence electrons. The first-order valence-electron chi connectivity index (χ1n) is 6.83. The first-order valence-corrected chi connectivity index (χ1v) is 6.83. The quantitative estimate of drug-likeness (QED) is 0.709. The second-order valence-electron chi connectivity index (χ2n) is 5.91. The largest absolute Gasteiger partial charge is 0.317 e. The van der Waals surface area contributed by atoms with Gasteiger partial charge in [0.1, 0.15) is 0 Å². The van der Waals surface area contributed by atoms with Crippen LogP contribution >= 0.6 is 0 Å². The molecular formula is C13H24N2. The lowest BCUT2D eigenvalue weighted by Gasteiger charge is -2.38. The molecule has 3 fully saturated rings. The highest BCUT2D eigenvalue weighted by molar-refractivity contribution is 4.99. The predicted molar refractivity (Wildman–Crippen MR) is 63.0 cm³/mol. The maximum atomic E-state index is 3.53. The van der Waals surface area contributed by atoms with Gasteiger partial charge in [-0.1, -0.05) is 0 Å². The van der Waals surface area contributed by atoms with Crippen LogP contribution in [-0.2, 0) is 0 Å². The van der Waals surface area contributed by atoms with Crippen molar-refractivity contribution in [2.75, 3.05) is 26.2 Å². The second kappa shape index (κ2) is 4.06. The minimum atomic E-state index is 0.804. The van der Waals surface area contributed by atoms with E-state index >= 15 is 0 Å². The highest BCUT2D eigenvalue weighted by atomic mass is 15.2. The maximum absolute atomic E-state index is 3.53. The van der Waals surface area contributed by atoms with Gasteiger partial charge in [0, 0.05) is 12.6 Å². The fraction of sp³-hybridized carbons (Fsp3) is 1.00. The van der Waals surface area contributed by atoms with E-state index in [1.165, 1.54) is 71.1 Å². The molecule has 15 heavy (non-hydrogen) atoms. The summed E-state index contributed by atoms with van der Waals surface area (Å²) < 4.78 is 0. The minimum absolute atomic E-state index is 0.804. The number of piperidine rings is 1. The molecule has 0 bridgehead atoms. The Morgan fingerprint density at radius 3 is 2.80 bits per heavy atom. The summed E-state index contributed by atoms with van der Waals surface area (Å²) in [5, 5.41) is 3.53. The molecular weight excluding hydrogens is 184 g/mol. The van der Waals surface area contributed by atoms with Gasteiger partial charge in [-0.3, -0.25) is 4.90 Å². The van der Waals surface area contributed by atoms with Crippen LogP contribution in [0.4, 0.5) is 0 Å². The standard InChI is InChI=1S/C13H24N2/c1-3-12(4-9-14-8-1)15-10-2-5-13(11-15)6-7-13/h12,14H,1-11H2. The van der Waals surface area contributed by atoms with Gasteiger partial charge in [0.2, 0.25) is 0 Å². The van der Waals surface area contributed by atoms with Crippen LogP contribution in [0.25, 0.3) is 0 Å². The Balaban J connectivity index is 1.59. The maximum Gasteiger partial charge on any atom is 0.0108 e.